The smallest absolute Gasteiger partial charge is 0.269 e. The highest BCUT2D eigenvalue weighted by Crippen LogP contribution is 2.35. The van der Waals surface area contributed by atoms with E-state index in [2.05, 4.69) is 20.3 Å². The Balaban J connectivity index is 1.56. The van der Waals surface area contributed by atoms with Gasteiger partial charge in [0.1, 0.15) is 21.4 Å². The van der Waals surface area contributed by atoms with Gasteiger partial charge in [-0.05, 0) is 37.3 Å². The van der Waals surface area contributed by atoms with Gasteiger partial charge in [-0.15, -0.1) is 22.7 Å². The predicted octanol–water partition coefficient (Wildman–Crippen LogP) is 4.91. The molecule has 0 saturated heterocycles. The fourth-order valence-electron chi connectivity index (χ4n) is 2.83. The summed E-state index contributed by atoms with van der Waals surface area (Å²) in [5, 5.41) is 5.93. The SMILES string of the molecule is COc1ccc(OC)c(-c2csc(NC(=O)c3sc(-c4ccccn4)nc3C)n2)c1. The van der Waals surface area contributed by atoms with Gasteiger partial charge in [0.15, 0.2) is 5.13 Å². The number of ether oxygens (including phenoxy) is 2. The number of nitrogens with one attached hydrogen (secondary N) is 1. The summed E-state index contributed by atoms with van der Waals surface area (Å²) in [5.74, 6) is 1.13. The van der Waals surface area contributed by atoms with Crippen molar-refractivity contribution in [3.05, 3.63) is 58.5 Å². The van der Waals surface area contributed by atoms with Crippen molar-refractivity contribution >= 4 is 33.7 Å². The Labute approximate surface area is 181 Å². The fourth-order valence-corrected chi connectivity index (χ4v) is 4.47. The molecule has 0 aliphatic heterocycles. The third kappa shape index (κ3) is 4.03. The van der Waals surface area contributed by atoms with Crippen molar-refractivity contribution < 1.29 is 14.3 Å². The van der Waals surface area contributed by atoms with Gasteiger partial charge in [0.2, 0.25) is 0 Å². The van der Waals surface area contributed by atoms with E-state index in [9.17, 15) is 4.79 Å². The molecule has 0 spiro atoms. The van der Waals surface area contributed by atoms with Crippen LogP contribution in [-0.4, -0.2) is 35.1 Å². The van der Waals surface area contributed by atoms with E-state index in [4.69, 9.17) is 9.47 Å². The molecule has 4 aromatic rings. The second kappa shape index (κ2) is 8.60. The average molecular weight is 439 g/mol. The molecule has 0 aliphatic rings. The quantitative estimate of drug-likeness (QED) is 0.460. The van der Waals surface area contributed by atoms with E-state index < -0.39 is 0 Å². The van der Waals surface area contributed by atoms with Gasteiger partial charge in [-0.25, -0.2) is 9.97 Å². The fraction of sp³-hybridized carbons (Fsp3) is 0.143. The molecular formula is C21H18N4O3S2. The number of nitrogens with zero attached hydrogens (tertiary/aromatic N) is 3. The molecule has 0 atom stereocenters. The van der Waals surface area contributed by atoms with Crippen LogP contribution in [0.1, 0.15) is 15.4 Å². The Kier molecular flexibility index (Phi) is 5.73. The highest BCUT2D eigenvalue weighted by atomic mass is 32.1. The molecule has 7 nitrogen and oxygen atoms in total. The summed E-state index contributed by atoms with van der Waals surface area (Å²) in [4.78, 5) is 26.7. The number of methoxy groups -OCH3 is 2. The van der Waals surface area contributed by atoms with Crippen molar-refractivity contribution in [2.75, 3.05) is 19.5 Å². The summed E-state index contributed by atoms with van der Waals surface area (Å²) in [7, 11) is 3.21. The molecule has 1 aromatic carbocycles. The first-order valence-electron chi connectivity index (χ1n) is 8.97. The van der Waals surface area contributed by atoms with Crippen LogP contribution in [0.4, 0.5) is 5.13 Å². The topological polar surface area (TPSA) is 86.2 Å². The van der Waals surface area contributed by atoms with Gasteiger partial charge in [-0.3, -0.25) is 15.1 Å². The molecule has 3 heterocycles. The van der Waals surface area contributed by atoms with E-state index in [1.807, 2.05) is 48.7 Å². The molecule has 9 heteroatoms. The largest absolute Gasteiger partial charge is 0.497 e. The molecule has 3 aromatic heterocycles. The second-order valence-corrected chi connectivity index (χ2v) is 8.06. The number of benzene rings is 1. The van der Waals surface area contributed by atoms with Gasteiger partial charge in [0, 0.05) is 17.1 Å². The van der Waals surface area contributed by atoms with E-state index in [1.54, 1.807) is 20.4 Å². The van der Waals surface area contributed by atoms with Crippen molar-refractivity contribution in [1.29, 1.82) is 0 Å². The van der Waals surface area contributed by atoms with E-state index in [0.29, 0.717) is 37.9 Å². The highest BCUT2D eigenvalue weighted by molar-refractivity contribution is 7.17. The molecule has 0 fully saturated rings. The Hall–Kier alpha value is -3.30. The number of carbonyl (C=O) groups excluding carboxylic acids is 1. The summed E-state index contributed by atoms with van der Waals surface area (Å²) >= 11 is 2.65. The Morgan fingerprint density at radius 3 is 2.67 bits per heavy atom. The minimum Gasteiger partial charge on any atom is -0.497 e. The van der Waals surface area contributed by atoms with Crippen LogP contribution >= 0.6 is 22.7 Å². The zero-order valence-corrected chi connectivity index (χ0v) is 18.1. The zero-order chi connectivity index (χ0) is 21.1. The highest BCUT2D eigenvalue weighted by Gasteiger charge is 2.19. The number of rotatable bonds is 6. The van der Waals surface area contributed by atoms with Gasteiger partial charge in [-0.1, -0.05) is 6.07 Å². The standard InChI is InChI=1S/C21H18N4O3S2/c1-12-18(30-20(23-12)15-6-4-5-9-22-15)19(26)25-21-24-16(11-29-21)14-10-13(27-2)7-8-17(14)28-3/h4-11H,1-3H3,(H,24,25,26). The van der Waals surface area contributed by atoms with Gasteiger partial charge in [0.25, 0.3) is 5.91 Å². The number of amides is 1. The van der Waals surface area contributed by atoms with Crippen LogP contribution in [0.15, 0.2) is 48.0 Å². The Bertz CT molecular complexity index is 1190. The van der Waals surface area contributed by atoms with E-state index in [-0.39, 0.29) is 5.91 Å². The van der Waals surface area contributed by atoms with Crippen LogP contribution in [0.5, 0.6) is 11.5 Å². The Morgan fingerprint density at radius 2 is 1.93 bits per heavy atom. The van der Waals surface area contributed by atoms with Crippen LogP contribution in [0.25, 0.3) is 22.0 Å². The zero-order valence-electron chi connectivity index (χ0n) is 16.5. The molecule has 152 valence electrons. The number of thiazole rings is 2. The first kappa shape index (κ1) is 20.0. The van der Waals surface area contributed by atoms with Crippen molar-refractivity contribution in [3.63, 3.8) is 0 Å². The average Bonchev–Trinajstić information content (AvgIpc) is 3.40. The molecule has 30 heavy (non-hydrogen) atoms. The summed E-state index contributed by atoms with van der Waals surface area (Å²) in [6.07, 6.45) is 1.70. The van der Waals surface area contributed by atoms with E-state index in [0.717, 1.165) is 11.3 Å². The summed E-state index contributed by atoms with van der Waals surface area (Å²) in [6, 6.07) is 11.1. The van der Waals surface area contributed by atoms with E-state index in [1.165, 1.54) is 22.7 Å². The third-order valence-corrected chi connectivity index (χ3v) is 6.23. The molecule has 0 saturated carbocycles. The second-order valence-electron chi connectivity index (χ2n) is 6.21. The summed E-state index contributed by atoms with van der Waals surface area (Å²) in [5.41, 5.74) is 2.89. The van der Waals surface area contributed by atoms with Crippen LogP contribution in [-0.2, 0) is 0 Å². The maximum absolute atomic E-state index is 12.8. The van der Waals surface area contributed by atoms with Gasteiger partial charge in [0.05, 0.1) is 31.3 Å². The number of carbonyl (C=O) groups is 1. The third-order valence-electron chi connectivity index (χ3n) is 4.29. The molecule has 1 N–H and O–H groups in total. The predicted molar refractivity (Wildman–Crippen MR) is 119 cm³/mol. The van der Waals surface area contributed by atoms with Crippen molar-refractivity contribution in [3.8, 4) is 33.5 Å². The van der Waals surface area contributed by atoms with Gasteiger partial charge < -0.3 is 9.47 Å². The Morgan fingerprint density at radius 1 is 1.07 bits per heavy atom. The van der Waals surface area contributed by atoms with Crippen molar-refractivity contribution in [2.45, 2.75) is 6.92 Å². The molecule has 0 bridgehead atoms. The molecule has 0 aliphatic carbocycles. The number of pyridine rings is 1. The van der Waals surface area contributed by atoms with Gasteiger partial charge >= 0.3 is 0 Å². The van der Waals surface area contributed by atoms with Crippen LogP contribution in [0, 0.1) is 6.92 Å². The molecule has 1 amide bonds. The normalized spacial score (nSPS) is 10.6. The maximum Gasteiger partial charge on any atom is 0.269 e. The number of hydrogen-bond acceptors (Lipinski definition) is 8. The minimum atomic E-state index is -0.245. The first-order valence-corrected chi connectivity index (χ1v) is 10.7. The van der Waals surface area contributed by atoms with Crippen molar-refractivity contribution in [1.82, 2.24) is 15.0 Å². The number of hydrogen-bond donors (Lipinski definition) is 1. The maximum atomic E-state index is 12.8. The lowest BCUT2D eigenvalue weighted by atomic mass is 10.1. The lowest BCUT2D eigenvalue weighted by molar-refractivity contribution is 0.103. The summed E-state index contributed by atoms with van der Waals surface area (Å²) in [6.45, 7) is 1.81. The summed E-state index contributed by atoms with van der Waals surface area (Å²) < 4.78 is 10.7. The minimum absolute atomic E-state index is 0.245. The molecule has 4 rings (SSSR count). The molecule has 0 radical (unpaired) electrons. The first-order chi connectivity index (χ1) is 14.6. The molecule has 0 unspecified atom stereocenters. The monoisotopic (exact) mass is 438 g/mol. The molecular weight excluding hydrogens is 420 g/mol. The number of aromatic nitrogens is 3. The van der Waals surface area contributed by atoms with Crippen molar-refractivity contribution in [2.24, 2.45) is 0 Å². The van der Waals surface area contributed by atoms with Crippen LogP contribution in [0.2, 0.25) is 0 Å². The van der Waals surface area contributed by atoms with Crippen LogP contribution in [0.3, 0.4) is 0 Å². The lowest BCUT2D eigenvalue weighted by Crippen LogP contribution is -2.11. The van der Waals surface area contributed by atoms with Crippen LogP contribution < -0.4 is 14.8 Å². The lowest BCUT2D eigenvalue weighted by Gasteiger charge is -2.08. The van der Waals surface area contributed by atoms with Gasteiger partial charge in [-0.2, -0.15) is 0 Å². The number of anilines is 1. The van der Waals surface area contributed by atoms with E-state index >= 15 is 0 Å². The number of aryl methyl sites for hydroxylation is 1.